The highest BCUT2D eigenvalue weighted by Gasteiger charge is 2.35. The van der Waals surface area contributed by atoms with E-state index in [1.165, 1.54) is 18.2 Å². The Morgan fingerprint density at radius 1 is 1.35 bits per heavy atom. The van der Waals surface area contributed by atoms with Gasteiger partial charge in [0.25, 0.3) is 0 Å². The Hall–Kier alpha value is -0.820. The molecule has 1 atom stereocenters. The van der Waals surface area contributed by atoms with Crippen LogP contribution in [-0.2, 0) is 14.8 Å². The molecule has 1 unspecified atom stereocenters. The number of primary amides is 1. The third kappa shape index (κ3) is 3.85. The lowest BCUT2D eigenvalue weighted by atomic mass is 10.1. The summed E-state index contributed by atoms with van der Waals surface area (Å²) in [6, 6.07) is 3.59. The van der Waals surface area contributed by atoms with Gasteiger partial charge in [-0.25, -0.2) is 13.1 Å². The van der Waals surface area contributed by atoms with E-state index in [2.05, 4.69) is 4.72 Å². The van der Waals surface area contributed by atoms with Crippen molar-refractivity contribution in [3.63, 3.8) is 0 Å². The van der Waals surface area contributed by atoms with Gasteiger partial charge >= 0.3 is 0 Å². The maximum atomic E-state index is 12.3. The lowest BCUT2D eigenvalue weighted by Gasteiger charge is -2.17. The van der Waals surface area contributed by atoms with E-state index in [1.807, 2.05) is 0 Å². The molecular formula is C12H14Cl2N2O3S. The van der Waals surface area contributed by atoms with Crippen molar-refractivity contribution in [1.29, 1.82) is 0 Å². The van der Waals surface area contributed by atoms with Crippen molar-refractivity contribution in [2.24, 2.45) is 11.7 Å². The zero-order chi connectivity index (χ0) is 14.9. The van der Waals surface area contributed by atoms with Crippen LogP contribution in [-0.4, -0.2) is 20.4 Å². The number of amides is 1. The first-order chi connectivity index (χ1) is 9.29. The predicted molar refractivity (Wildman–Crippen MR) is 77.1 cm³/mol. The van der Waals surface area contributed by atoms with Gasteiger partial charge in [-0.2, -0.15) is 0 Å². The topological polar surface area (TPSA) is 89.3 Å². The van der Waals surface area contributed by atoms with Crippen LogP contribution in [0.5, 0.6) is 0 Å². The second kappa shape index (κ2) is 5.89. The average Bonchev–Trinajstić information content (AvgIpc) is 3.14. The Bertz CT molecular complexity index is 630. The highest BCUT2D eigenvalue weighted by molar-refractivity contribution is 7.89. The molecule has 1 aliphatic carbocycles. The van der Waals surface area contributed by atoms with Gasteiger partial charge < -0.3 is 5.73 Å². The number of sulfonamides is 1. The highest BCUT2D eigenvalue weighted by atomic mass is 35.5. The quantitative estimate of drug-likeness (QED) is 0.831. The summed E-state index contributed by atoms with van der Waals surface area (Å²) in [4.78, 5) is 11.0. The first-order valence-electron chi connectivity index (χ1n) is 6.05. The molecule has 1 saturated carbocycles. The molecule has 0 spiro atoms. The minimum Gasteiger partial charge on any atom is -0.370 e. The van der Waals surface area contributed by atoms with Crippen molar-refractivity contribution in [2.45, 2.75) is 30.2 Å². The SMILES string of the molecule is NC(=O)CC(NS(=O)(=O)c1ccc(Cl)c(Cl)c1)C1CC1. The van der Waals surface area contributed by atoms with Crippen molar-refractivity contribution in [3.05, 3.63) is 28.2 Å². The summed E-state index contributed by atoms with van der Waals surface area (Å²) in [5, 5.41) is 0.439. The maximum absolute atomic E-state index is 12.3. The number of carbonyl (C=O) groups is 1. The molecule has 0 radical (unpaired) electrons. The van der Waals surface area contributed by atoms with Gasteiger partial charge in [-0.3, -0.25) is 4.79 Å². The average molecular weight is 337 g/mol. The van der Waals surface area contributed by atoms with Crippen LogP contribution in [0.1, 0.15) is 19.3 Å². The van der Waals surface area contributed by atoms with E-state index in [0.29, 0.717) is 0 Å². The fourth-order valence-electron chi connectivity index (χ4n) is 1.93. The highest BCUT2D eigenvalue weighted by Crippen LogP contribution is 2.35. The van der Waals surface area contributed by atoms with Crippen LogP contribution in [0, 0.1) is 5.92 Å². The molecule has 20 heavy (non-hydrogen) atoms. The molecule has 1 aliphatic rings. The molecule has 110 valence electrons. The number of carbonyl (C=O) groups excluding carboxylic acids is 1. The Morgan fingerprint density at radius 2 is 2.00 bits per heavy atom. The molecular weight excluding hydrogens is 323 g/mol. The van der Waals surface area contributed by atoms with Crippen LogP contribution in [0.4, 0.5) is 0 Å². The molecule has 0 saturated heterocycles. The molecule has 0 heterocycles. The standard InChI is InChI=1S/C12H14Cl2N2O3S/c13-9-4-3-8(5-10(9)14)20(18,19)16-11(6-12(15)17)7-1-2-7/h3-5,7,11,16H,1-2,6H2,(H2,15,17). The molecule has 0 aromatic heterocycles. The van der Waals surface area contributed by atoms with Crippen LogP contribution in [0.2, 0.25) is 10.0 Å². The molecule has 1 amide bonds. The Morgan fingerprint density at radius 3 is 2.50 bits per heavy atom. The summed E-state index contributed by atoms with van der Waals surface area (Å²) in [7, 11) is -3.75. The van der Waals surface area contributed by atoms with Gasteiger partial charge in [-0.05, 0) is 37.0 Å². The normalized spacial score (nSPS) is 16.9. The van der Waals surface area contributed by atoms with Crippen LogP contribution >= 0.6 is 23.2 Å². The Kier molecular flexibility index (Phi) is 4.59. The largest absolute Gasteiger partial charge is 0.370 e. The second-order valence-corrected chi connectivity index (χ2v) is 7.34. The van der Waals surface area contributed by atoms with Gasteiger partial charge in [0.1, 0.15) is 0 Å². The first-order valence-corrected chi connectivity index (χ1v) is 8.29. The molecule has 1 aromatic rings. The van der Waals surface area contributed by atoms with Crippen molar-refractivity contribution in [2.75, 3.05) is 0 Å². The lowest BCUT2D eigenvalue weighted by molar-refractivity contribution is -0.118. The van der Waals surface area contributed by atoms with Gasteiger partial charge in [-0.15, -0.1) is 0 Å². The summed E-state index contributed by atoms with van der Waals surface area (Å²) in [6.07, 6.45) is 1.77. The fraction of sp³-hybridized carbons (Fsp3) is 0.417. The number of hydrogen-bond donors (Lipinski definition) is 2. The van der Waals surface area contributed by atoms with Crippen molar-refractivity contribution in [1.82, 2.24) is 4.72 Å². The van der Waals surface area contributed by atoms with Crippen molar-refractivity contribution >= 4 is 39.1 Å². The van der Waals surface area contributed by atoms with Crippen LogP contribution < -0.4 is 10.5 Å². The number of rotatable bonds is 6. The molecule has 1 aromatic carbocycles. The van der Waals surface area contributed by atoms with Gasteiger partial charge in [-0.1, -0.05) is 23.2 Å². The monoisotopic (exact) mass is 336 g/mol. The molecule has 1 fully saturated rings. The van der Waals surface area contributed by atoms with E-state index in [-0.39, 0.29) is 27.3 Å². The zero-order valence-corrected chi connectivity index (χ0v) is 12.8. The number of nitrogens with two attached hydrogens (primary N) is 1. The molecule has 2 rings (SSSR count). The van der Waals surface area contributed by atoms with E-state index >= 15 is 0 Å². The Balaban J connectivity index is 2.20. The zero-order valence-electron chi connectivity index (χ0n) is 10.5. The number of benzene rings is 1. The van der Waals surface area contributed by atoms with Gasteiger partial charge in [0, 0.05) is 12.5 Å². The summed E-state index contributed by atoms with van der Waals surface area (Å²) in [5.41, 5.74) is 5.15. The molecule has 0 bridgehead atoms. The van der Waals surface area contributed by atoms with Crippen molar-refractivity contribution in [3.8, 4) is 0 Å². The summed E-state index contributed by atoms with van der Waals surface area (Å²) in [6.45, 7) is 0. The molecule has 0 aliphatic heterocycles. The second-order valence-electron chi connectivity index (χ2n) is 4.81. The summed E-state index contributed by atoms with van der Waals surface area (Å²) in [5.74, 6) is -0.362. The number of hydrogen-bond acceptors (Lipinski definition) is 3. The molecule has 5 nitrogen and oxygen atoms in total. The maximum Gasteiger partial charge on any atom is 0.240 e. The smallest absolute Gasteiger partial charge is 0.240 e. The third-order valence-corrected chi connectivity index (χ3v) is 5.35. The molecule has 3 N–H and O–H groups in total. The predicted octanol–water partition coefficient (Wildman–Crippen LogP) is 1.93. The summed E-state index contributed by atoms with van der Waals surface area (Å²) >= 11 is 11.6. The summed E-state index contributed by atoms with van der Waals surface area (Å²) < 4.78 is 27.0. The minimum absolute atomic E-state index is 0.00871. The van der Waals surface area contributed by atoms with E-state index in [9.17, 15) is 13.2 Å². The minimum atomic E-state index is -3.75. The van der Waals surface area contributed by atoms with E-state index in [1.54, 1.807) is 0 Å². The number of halogens is 2. The van der Waals surface area contributed by atoms with Gasteiger partial charge in [0.2, 0.25) is 15.9 Å². The van der Waals surface area contributed by atoms with Crippen molar-refractivity contribution < 1.29 is 13.2 Å². The molecule has 8 heteroatoms. The first kappa shape index (κ1) is 15.6. The van der Waals surface area contributed by atoms with E-state index in [4.69, 9.17) is 28.9 Å². The van der Waals surface area contributed by atoms with E-state index in [0.717, 1.165) is 12.8 Å². The number of nitrogens with one attached hydrogen (secondary N) is 1. The van der Waals surface area contributed by atoms with Crippen LogP contribution in [0.3, 0.4) is 0 Å². The van der Waals surface area contributed by atoms with Crippen LogP contribution in [0.25, 0.3) is 0 Å². The van der Waals surface area contributed by atoms with Crippen LogP contribution in [0.15, 0.2) is 23.1 Å². The fourth-order valence-corrected chi connectivity index (χ4v) is 3.62. The third-order valence-electron chi connectivity index (χ3n) is 3.12. The van der Waals surface area contributed by atoms with Gasteiger partial charge in [0.05, 0.1) is 14.9 Å². The van der Waals surface area contributed by atoms with E-state index < -0.39 is 22.0 Å². The van der Waals surface area contributed by atoms with Gasteiger partial charge in [0.15, 0.2) is 0 Å². The lowest BCUT2D eigenvalue weighted by Crippen LogP contribution is -2.39. The Labute approximate surface area is 127 Å².